The minimum Gasteiger partial charge on any atom is -0.457 e. The Hall–Kier alpha value is -4.05. The fourth-order valence-electron chi connectivity index (χ4n) is 5.03. The minimum atomic E-state index is -0.504. The number of carbonyl (C=O) groups is 2. The standard InChI is InChI=1S/C27H26N4O3/c1-2-6-24(32)30-14-13-27(18-30)15-20(16-27)31-17-23(26(28)33)25(29-31)19-9-11-22(12-10-19)34-21-7-4-3-5-8-21/h3-5,7-12,17,20H,13-16,18H2,1H3,(H2,28,33)/t20-,27+. The third kappa shape index (κ3) is 4.15. The SMILES string of the molecule is CC#CC(=O)N1CC[C@]2(C1)C[C@@H](n1cc(C(N)=O)c(-c3ccc(Oc4ccccc4)cc3)n1)C2. The molecule has 2 fully saturated rings. The van der Waals surface area contributed by atoms with E-state index in [1.165, 1.54) is 0 Å². The first-order valence-electron chi connectivity index (χ1n) is 11.4. The number of amides is 2. The van der Waals surface area contributed by atoms with Crippen LogP contribution in [-0.2, 0) is 4.79 Å². The van der Waals surface area contributed by atoms with Gasteiger partial charge < -0.3 is 15.4 Å². The topological polar surface area (TPSA) is 90.5 Å². The van der Waals surface area contributed by atoms with E-state index < -0.39 is 5.91 Å². The highest BCUT2D eigenvalue weighted by molar-refractivity contribution is 5.98. The van der Waals surface area contributed by atoms with Crippen molar-refractivity contribution in [3.05, 3.63) is 66.4 Å². The van der Waals surface area contributed by atoms with E-state index in [2.05, 4.69) is 11.8 Å². The summed E-state index contributed by atoms with van der Waals surface area (Å²) in [5, 5.41) is 4.75. The highest BCUT2D eigenvalue weighted by atomic mass is 16.5. The summed E-state index contributed by atoms with van der Waals surface area (Å²) in [7, 11) is 0. The fourth-order valence-corrected chi connectivity index (χ4v) is 5.03. The second-order valence-corrected chi connectivity index (χ2v) is 9.09. The predicted molar refractivity (Wildman–Crippen MR) is 128 cm³/mol. The van der Waals surface area contributed by atoms with E-state index in [0.717, 1.165) is 43.7 Å². The normalized spacial score (nSPS) is 21.0. The molecular formula is C27H26N4O3. The second-order valence-electron chi connectivity index (χ2n) is 9.09. The number of nitrogens with two attached hydrogens (primary N) is 1. The molecule has 1 saturated carbocycles. The van der Waals surface area contributed by atoms with Gasteiger partial charge in [0.1, 0.15) is 17.2 Å². The smallest absolute Gasteiger partial charge is 0.298 e. The van der Waals surface area contributed by atoms with Crippen molar-refractivity contribution in [2.75, 3.05) is 13.1 Å². The summed E-state index contributed by atoms with van der Waals surface area (Å²) in [4.78, 5) is 26.1. The molecule has 34 heavy (non-hydrogen) atoms. The number of ether oxygens (including phenoxy) is 1. The van der Waals surface area contributed by atoms with Gasteiger partial charge in [-0.15, -0.1) is 0 Å². The van der Waals surface area contributed by atoms with Crippen LogP contribution >= 0.6 is 0 Å². The highest BCUT2D eigenvalue weighted by Gasteiger charge is 2.50. The third-order valence-corrected chi connectivity index (χ3v) is 6.77. The van der Waals surface area contributed by atoms with E-state index >= 15 is 0 Å². The molecule has 2 aromatic carbocycles. The first kappa shape index (κ1) is 21.8. The Morgan fingerprint density at radius 3 is 2.47 bits per heavy atom. The van der Waals surface area contributed by atoms with E-state index in [9.17, 15) is 9.59 Å². The van der Waals surface area contributed by atoms with Crippen molar-refractivity contribution < 1.29 is 14.3 Å². The molecule has 5 rings (SSSR count). The van der Waals surface area contributed by atoms with Gasteiger partial charge in [-0.3, -0.25) is 14.3 Å². The number of aromatic nitrogens is 2. The van der Waals surface area contributed by atoms with Gasteiger partial charge in [0.2, 0.25) is 0 Å². The summed E-state index contributed by atoms with van der Waals surface area (Å²) in [6.45, 7) is 3.16. The Morgan fingerprint density at radius 2 is 1.79 bits per heavy atom. The molecule has 2 heterocycles. The van der Waals surface area contributed by atoms with Crippen LogP contribution in [0.5, 0.6) is 11.5 Å². The molecular weight excluding hydrogens is 428 g/mol. The maximum absolute atomic E-state index is 12.2. The lowest BCUT2D eigenvalue weighted by molar-refractivity contribution is -0.125. The molecule has 0 atom stereocenters. The number of benzene rings is 2. The van der Waals surface area contributed by atoms with Gasteiger partial charge >= 0.3 is 0 Å². The Kier molecular flexibility index (Phi) is 5.58. The molecule has 172 valence electrons. The van der Waals surface area contributed by atoms with Gasteiger partial charge in [-0.25, -0.2) is 0 Å². The van der Waals surface area contributed by atoms with Gasteiger partial charge in [-0.2, -0.15) is 5.10 Å². The fraction of sp³-hybridized carbons (Fsp3) is 0.296. The van der Waals surface area contributed by atoms with Crippen molar-refractivity contribution in [3.8, 4) is 34.6 Å². The molecule has 1 saturated heterocycles. The van der Waals surface area contributed by atoms with Crippen molar-refractivity contribution in [3.63, 3.8) is 0 Å². The average Bonchev–Trinajstić information content (AvgIpc) is 3.45. The van der Waals surface area contributed by atoms with Gasteiger partial charge in [-0.1, -0.05) is 24.1 Å². The van der Waals surface area contributed by atoms with E-state index in [0.29, 0.717) is 17.0 Å². The number of primary amides is 1. The largest absolute Gasteiger partial charge is 0.457 e. The molecule has 2 aliphatic rings. The first-order chi connectivity index (χ1) is 16.5. The monoisotopic (exact) mass is 454 g/mol. The highest BCUT2D eigenvalue weighted by Crippen LogP contribution is 2.54. The molecule has 2 N–H and O–H groups in total. The lowest BCUT2D eigenvalue weighted by atomic mass is 9.65. The van der Waals surface area contributed by atoms with Crippen LogP contribution in [0.25, 0.3) is 11.3 Å². The van der Waals surface area contributed by atoms with Crippen LogP contribution in [0, 0.1) is 17.3 Å². The molecule has 0 unspecified atom stereocenters. The zero-order chi connectivity index (χ0) is 23.7. The molecule has 0 radical (unpaired) electrons. The predicted octanol–water partition coefficient (Wildman–Crippen LogP) is 4.02. The van der Waals surface area contributed by atoms with Gasteiger partial charge in [-0.05, 0) is 73.9 Å². The number of para-hydroxylation sites is 1. The Morgan fingerprint density at radius 1 is 1.09 bits per heavy atom. The van der Waals surface area contributed by atoms with Crippen LogP contribution in [0.15, 0.2) is 60.8 Å². The van der Waals surface area contributed by atoms with Crippen LogP contribution in [0.1, 0.15) is 42.6 Å². The molecule has 1 aromatic heterocycles. The summed E-state index contributed by atoms with van der Waals surface area (Å²) < 4.78 is 7.72. The quantitative estimate of drug-likeness (QED) is 0.590. The van der Waals surface area contributed by atoms with Crippen LogP contribution in [0.3, 0.4) is 0 Å². The second kappa shape index (κ2) is 8.71. The van der Waals surface area contributed by atoms with Crippen molar-refractivity contribution >= 4 is 11.8 Å². The lowest BCUT2D eigenvalue weighted by Crippen LogP contribution is -2.41. The van der Waals surface area contributed by atoms with Crippen LogP contribution in [0.2, 0.25) is 0 Å². The van der Waals surface area contributed by atoms with Gasteiger partial charge in [0.15, 0.2) is 0 Å². The van der Waals surface area contributed by atoms with E-state index in [1.807, 2.05) is 64.2 Å². The van der Waals surface area contributed by atoms with Crippen molar-refractivity contribution in [1.29, 1.82) is 0 Å². The first-order valence-corrected chi connectivity index (χ1v) is 11.4. The summed E-state index contributed by atoms with van der Waals surface area (Å²) in [5.41, 5.74) is 7.57. The van der Waals surface area contributed by atoms with Crippen molar-refractivity contribution in [2.45, 2.75) is 32.2 Å². The number of likely N-dealkylation sites (tertiary alicyclic amines) is 1. The number of rotatable bonds is 5. The van der Waals surface area contributed by atoms with E-state index in [1.54, 1.807) is 13.1 Å². The van der Waals surface area contributed by atoms with Crippen LogP contribution in [0.4, 0.5) is 0 Å². The van der Waals surface area contributed by atoms with Gasteiger partial charge in [0.25, 0.3) is 11.8 Å². The molecule has 3 aromatic rings. The van der Waals surface area contributed by atoms with Crippen molar-refractivity contribution in [2.24, 2.45) is 11.1 Å². The minimum absolute atomic E-state index is 0.0973. The molecule has 2 amide bonds. The zero-order valence-electron chi connectivity index (χ0n) is 19.0. The van der Waals surface area contributed by atoms with E-state index in [-0.39, 0.29) is 17.4 Å². The molecule has 1 spiro atoms. The number of carbonyl (C=O) groups excluding carboxylic acids is 2. The van der Waals surface area contributed by atoms with Crippen LogP contribution in [-0.4, -0.2) is 39.6 Å². The lowest BCUT2D eigenvalue weighted by Gasteiger charge is -2.45. The maximum Gasteiger partial charge on any atom is 0.298 e. The average molecular weight is 455 g/mol. The van der Waals surface area contributed by atoms with Crippen LogP contribution < -0.4 is 10.5 Å². The summed E-state index contributed by atoms with van der Waals surface area (Å²) in [6, 6.07) is 17.2. The number of hydrogen-bond donors (Lipinski definition) is 1. The summed E-state index contributed by atoms with van der Waals surface area (Å²) >= 11 is 0. The number of hydrogen-bond acceptors (Lipinski definition) is 4. The molecule has 0 bridgehead atoms. The third-order valence-electron chi connectivity index (χ3n) is 6.77. The Balaban J connectivity index is 1.30. The molecule has 1 aliphatic heterocycles. The number of nitrogens with zero attached hydrogens (tertiary/aromatic N) is 3. The zero-order valence-corrected chi connectivity index (χ0v) is 19.0. The Labute approximate surface area is 198 Å². The molecule has 7 heteroatoms. The van der Waals surface area contributed by atoms with Gasteiger partial charge in [0.05, 0.1) is 11.6 Å². The molecule has 7 nitrogen and oxygen atoms in total. The van der Waals surface area contributed by atoms with E-state index in [4.69, 9.17) is 15.6 Å². The summed E-state index contributed by atoms with van der Waals surface area (Å²) in [6.07, 6.45) is 4.56. The molecule has 1 aliphatic carbocycles. The van der Waals surface area contributed by atoms with Crippen molar-refractivity contribution in [1.82, 2.24) is 14.7 Å². The Bertz CT molecular complexity index is 1280. The summed E-state index contributed by atoms with van der Waals surface area (Å²) in [5.74, 6) is 6.17. The maximum atomic E-state index is 12.2. The van der Waals surface area contributed by atoms with Gasteiger partial charge in [0, 0.05) is 24.8 Å².